The van der Waals surface area contributed by atoms with Gasteiger partial charge in [-0.05, 0) is 64.4 Å². The van der Waals surface area contributed by atoms with Gasteiger partial charge in [0, 0.05) is 36.9 Å². The Morgan fingerprint density at radius 2 is 2.00 bits per heavy atom. The minimum absolute atomic E-state index is 0.0489. The predicted octanol–water partition coefficient (Wildman–Crippen LogP) is 4.03. The molecule has 1 aliphatic rings. The van der Waals surface area contributed by atoms with E-state index in [0.29, 0.717) is 43.8 Å². The number of nitrogens with one attached hydrogen (secondary N) is 1. The molecular weight excluding hydrogens is 418 g/mol. The number of ether oxygens (including phenoxy) is 2. The molecule has 1 aliphatic heterocycles. The van der Waals surface area contributed by atoms with Crippen molar-refractivity contribution in [1.82, 2.24) is 15.2 Å². The lowest BCUT2D eigenvalue weighted by atomic mass is 9.97. The first kappa shape index (κ1) is 23.7. The number of likely N-dealkylation sites (tertiary alicyclic amines) is 1. The number of halogens is 1. The highest BCUT2D eigenvalue weighted by Gasteiger charge is 2.27. The third-order valence-electron chi connectivity index (χ3n) is 5.38. The number of benzene rings is 1. The SMILES string of the molecule is CCOC(CNC(=O)C1CCCN(Cc2nc(-c3ccc(Cl)cc3)oc2C)C1)OCC. The van der Waals surface area contributed by atoms with Gasteiger partial charge >= 0.3 is 0 Å². The number of piperidine rings is 1. The molecule has 7 nitrogen and oxygen atoms in total. The van der Waals surface area contributed by atoms with Crippen LogP contribution in [0.2, 0.25) is 5.02 Å². The van der Waals surface area contributed by atoms with Crippen molar-refractivity contribution in [2.24, 2.45) is 5.92 Å². The van der Waals surface area contributed by atoms with Gasteiger partial charge in [-0.1, -0.05) is 11.6 Å². The first-order valence-corrected chi connectivity index (χ1v) is 11.3. The van der Waals surface area contributed by atoms with Crippen molar-refractivity contribution in [2.75, 3.05) is 32.8 Å². The van der Waals surface area contributed by atoms with Crippen LogP contribution >= 0.6 is 11.6 Å². The molecule has 1 atom stereocenters. The second-order valence-corrected chi connectivity index (χ2v) is 8.12. The molecule has 0 radical (unpaired) electrons. The fourth-order valence-electron chi connectivity index (χ4n) is 3.78. The number of oxazole rings is 1. The molecule has 0 bridgehead atoms. The smallest absolute Gasteiger partial charge is 0.226 e. The van der Waals surface area contributed by atoms with Gasteiger partial charge in [-0.25, -0.2) is 4.98 Å². The predicted molar refractivity (Wildman–Crippen MR) is 120 cm³/mol. The lowest BCUT2D eigenvalue weighted by Gasteiger charge is -2.31. The lowest BCUT2D eigenvalue weighted by Crippen LogP contribution is -2.45. The fourth-order valence-corrected chi connectivity index (χ4v) is 3.91. The minimum atomic E-state index is -0.400. The summed E-state index contributed by atoms with van der Waals surface area (Å²) in [5, 5.41) is 3.67. The summed E-state index contributed by atoms with van der Waals surface area (Å²) < 4.78 is 16.9. The van der Waals surface area contributed by atoms with Crippen molar-refractivity contribution < 1.29 is 18.7 Å². The topological polar surface area (TPSA) is 76.8 Å². The number of carbonyl (C=O) groups excluding carboxylic acids is 1. The van der Waals surface area contributed by atoms with E-state index in [9.17, 15) is 4.79 Å². The maximum atomic E-state index is 12.7. The van der Waals surface area contributed by atoms with Gasteiger partial charge in [0.25, 0.3) is 0 Å². The van der Waals surface area contributed by atoms with E-state index in [1.165, 1.54) is 0 Å². The molecule has 0 aliphatic carbocycles. The van der Waals surface area contributed by atoms with Crippen LogP contribution in [0.1, 0.15) is 38.1 Å². The Balaban J connectivity index is 1.56. The monoisotopic (exact) mass is 449 g/mol. The van der Waals surface area contributed by atoms with Crippen LogP contribution in [-0.4, -0.2) is 54.9 Å². The third kappa shape index (κ3) is 6.77. The Labute approximate surface area is 189 Å². The largest absolute Gasteiger partial charge is 0.441 e. The van der Waals surface area contributed by atoms with Crippen molar-refractivity contribution in [2.45, 2.75) is 46.4 Å². The molecule has 0 saturated carbocycles. The first-order chi connectivity index (χ1) is 15.0. The van der Waals surface area contributed by atoms with Crippen molar-refractivity contribution >= 4 is 17.5 Å². The first-order valence-electron chi connectivity index (χ1n) is 11.0. The number of nitrogens with zero attached hydrogens (tertiary/aromatic N) is 2. The summed E-state index contributed by atoms with van der Waals surface area (Å²) in [6, 6.07) is 7.45. The highest BCUT2D eigenvalue weighted by Crippen LogP contribution is 2.25. The van der Waals surface area contributed by atoms with Crippen molar-refractivity contribution in [3.8, 4) is 11.5 Å². The Morgan fingerprint density at radius 1 is 1.29 bits per heavy atom. The van der Waals surface area contributed by atoms with Crippen LogP contribution in [0, 0.1) is 12.8 Å². The molecule has 1 aromatic heterocycles. The normalized spacial score (nSPS) is 17.3. The summed E-state index contributed by atoms with van der Waals surface area (Å²) in [7, 11) is 0. The maximum Gasteiger partial charge on any atom is 0.226 e. The van der Waals surface area contributed by atoms with E-state index >= 15 is 0 Å². The van der Waals surface area contributed by atoms with E-state index in [0.717, 1.165) is 36.4 Å². The molecule has 170 valence electrons. The van der Waals surface area contributed by atoms with Gasteiger partial charge in [0.1, 0.15) is 5.76 Å². The van der Waals surface area contributed by atoms with Crippen molar-refractivity contribution in [1.29, 1.82) is 0 Å². The van der Waals surface area contributed by atoms with Crippen molar-refractivity contribution in [3.63, 3.8) is 0 Å². The van der Waals surface area contributed by atoms with Gasteiger partial charge in [-0.15, -0.1) is 0 Å². The van der Waals surface area contributed by atoms with Gasteiger partial charge in [0.2, 0.25) is 11.8 Å². The van der Waals surface area contributed by atoms with Crippen molar-refractivity contribution in [3.05, 3.63) is 40.7 Å². The minimum Gasteiger partial charge on any atom is -0.441 e. The Morgan fingerprint density at radius 3 is 2.68 bits per heavy atom. The highest BCUT2D eigenvalue weighted by atomic mass is 35.5. The van der Waals surface area contributed by atoms with Gasteiger partial charge < -0.3 is 19.2 Å². The Bertz CT molecular complexity index is 834. The second-order valence-electron chi connectivity index (χ2n) is 7.69. The summed E-state index contributed by atoms with van der Waals surface area (Å²) in [6.07, 6.45) is 1.45. The molecule has 1 aromatic carbocycles. The highest BCUT2D eigenvalue weighted by molar-refractivity contribution is 6.30. The van der Waals surface area contributed by atoms with Crippen LogP contribution in [0.15, 0.2) is 28.7 Å². The van der Waals surface area contributed by atoms with Crippen LogP contribution < -0.4 is 5.32 Å². The van der Waals surface area contributed by atoms with E-state index < -0.39 is 6.29 Å². The molecule has 1 amide bonds. The molecule has 1 fully saturated rings. The van der Waals surface area contributed by atoms with E-state index in [1.54, 1.807) is 0 Å². The van der Waals surface area contributed by atoms with E-state index in [4.69, 9.17) is 25.5 Å². The van der Waals surface area contributed by atoms with Gasteiger partial charge in [-0.3, -0.25) is 9.69 Å². The zero-order valence-electron chi connectivity index (χ0n) is 18.5. The van der Waals surface area contributed by atoms with Crippen LogP contribution in [0.25, 0.3) is 11.5 Å². The number of rotatable bonds is 10. The molecule has 1 N–H and O–H groups in total. The number of amides is 1. The molecule has 2 heterocycles. The number of carbonyl (C=O) groups is 1. The quantitative estimate of drug-likeness (QED) is 0.552. The molecule has 8 heteroatoms. The van der Waals surface area contributed by atoms with Gasteiger partial charge in [0.05, 0.1) is 18.2 Å². The van der Waals surface area contributed by atoms with E-state index in [1.807, 2.05) is 45.0 Å². The third-order valence-corrected chi connectivity index (χ3v) is 5.63. The average molecular weight is 450 g/mol. The zero-order chi connectivity index (χ0) is 22.2. The summed E-state index contributed by atoms with van der Waals surface area (Å²) in [6.45, 7) is 9.51. The molecule has 0 spiro atoms. The number of hydrogen-bond acceptors (Lipinski definition) is 6. The van der Waals surface area contributed by atoms with Crippen LogP contribution in [-0.2, 0) is 20.8 Å². The zero-order valence-corrected chi connectivity index (χ0v) is 19.3. The molecule has 1 unspecified atom stereocenters. The maximum absolute atomic E-state index is 12.7. The molecule has 2 aromatic rings. The average Bonchev–Trinajstić information content (AvgIpc) is 3.13. The molecular formula is C23H32ClN3O4. The number of hydrogen-bond donors (Lipinski definition) is 1. The van der Waals surface area contributed by atoms with E-state index in [2.05, 4.69) is 15.2 Å². The van der Waals surface area contributed by atoms with Gasteiger partial charge in [0.15, 0.2) is 6.29 Å². The van der Waals surface area contributed by atoms with Crippen LogP contribution in [0.5, 0.6) is 0 Å². The molecule has 1 saturated heterocycles. The number of aryl methyl sites for hydroxylation is 1. The molecule has 31 heavy (non-hydrogen) atoms. The molecule has 3 rings (SSSR count). The lowest BCUT2D eigenvalue weighted by molar-refractivity contribution is -0.143. The summed E-state index contributed by atoms with van der Waals surface area (Å²) >= 11 is 5.97. The summed E-state index contributed by atoms with van der Waals surface area (Å²) in [5.74, 6) is 1.38. The van der Waals surface area contributed by atoms with Crippen LogP contribution in [0.3, 0.4) is 0 Å². The Kier molecular flexibility index (Phi) is 8.90. The van der Waals surface area contributed by atoms with Gasteiger partial charge in [-0.2, -0.15) is 0 Å². The van der Waals surface area contributed by atoms with E-state index in [-0.39, 0.29) is 11.8 Å². The second kappa shape index (κ2) is 11.6. The Hall–Kier alpha value is -1.93. The summed E-state index contributed by atoms with van der Waals surface area (Å²) in [4.78, 5) is 19.7. The fraction of sp³-hybridized carbons (Fsp3) is 0.565. The van der Waals surface area contributed by atoms with Crippen LogP contribution in [0.4, 0.5) is 0 Å². The number of aromatic nitrogens is 1. The standard InChI is InChI=1S/C23H32ClN3O4/c1-4-29-21(30-5-2)13-25-22(28)18-7-6-12-27(14-18)15-20-16(3)31-23(26-20)17-8-10-19(24)11-9-17/h8-11,18,21H,4-7,12-15H2,1-3H3,(H,25,28). The summed E-state index contributed by atoms with van der Waals surface area (Å²) in [5.41, 5.74) is 1.80.